The molecule has 0 amide bonds. The molecule has 2 heteroatoms. The van der Waals surface area contributed by atoms with Crippen molar-refractivity contribution < 1.29 is 9.53 Å². The number of hydrogen-bond acceptors (Lipinski definition) is 2. The van der Waals surface area contributed by atoms with Gasteiger partial charge in [-0.15, -0.1) is 0 Å². The average molecular weight is 194 g/mol. The molecule has 0 spiro atoms. The molecular formula is C12H18O2. The van der Waals surface area contributed by atoms with Gasteiger partial charge in [-0.1, -0.05) is 20.4 Å². The first-order valence-electron chi connectivity index (χ1n) is 5.35. The van der Waals surface area contributed by atoms with Crippen LogP contribution in [-0.4, -0.2) is 12.6 Å². The van der Waals surface area contributed by atoms with E-state index in [0.717, 1.165) is 5.92 Å². The number of hydrogen-bond donors (Lipinski definition) is 0. The smallest absolute Gasteiger partial charge is 0.333 e. The molecule has 2 nitrogen and oxygen atoms in total. The predicted octanol–water partition coefficient (Wildman–Crippen LogP) is 2.40. The van der Waals surface area contributed by atoms with Gasteiger partial charge in [-0.25, -0.2) is 4.79 Å². The van der Waals surface area contributed by atoms with E-state index in [0.29, 0.717) is 29.4 Å². The minimum absolute atomic E-state index is 0.192. The Morgan fingerprint density at radius 2 is 2.21 bits per heavy atom. The third-order valence-corrected chi connectivity index (χ3v) is 3.77. The maximum atomic E-state index is 11.4. The lowest BCUT2D eigenvalue weighted by atomic mass is 9.72. The number of carbonyl (C=O) groups excluding carboxylic acids is 1. The SMILES string of the molecule is C=C(C(=O)OCC)C1C2CC(C)(C)C21. The normalized spacial score (nSPS) is 36.6. The van der Waals surface area contributed by atoms with E-state index >= 15 is 0 Å². The molecule has 2 saturated carbocycles. The number of ether oxygens (including phenoxy) is 1. The van der Waals surface area contributed by atoms with E-state index in [-0.39, 0.29) is 5.97 Å². The largest absolute Gasteiger partial charge is 0.463 e. The lowest BCUT2D eigenvalue weighted by Gasteiger charge is -2.33. The van der Waals surface area contributed by atoms with Crippen LogP contribution in [0.3, 0.4) is 0 Å². The Morgan fingerprint density at radius 1 is 1.57 bits per heavy atom. The van der Waals surface area contributed by atoms with Crippen molar-refractivity contribution in [2.24, 2.45) is 23.2 Å². The van der Waals surface area contributed by atoms with E-state index in [2.05, 4.69) is 20.4 Å². The van der Waals surface area contributed by atoms with Crippen LogP contribution in [0.25, 0.3) is 0 Å². The highest BCUT2D eigenvalue weighted by Gasteiger charge is 2.68. The van der Waals surface area contributed by atoms with Crippen molar-refractivity contribution in [1.82, 2.24) is 0 Å². The first-order valence-corrected chi connectivity index (χ1v) is 5.35. The Bertz CT molecular complexity index is 291. The van der Waals surface area contributed by atoms with E-state index in [4.69, 9.17) is 4.74 Å². The predicted molar refractivity (Wildman–Crippen MR) is 54.6 cm³/mol. The van der Waals surface area contributed by atoms with E-state index in [1.54, 1.807) is 0 Å². The van der Waals surface area contributed by atoms with Gasteiger partial charge in [-0.2, -0.15) is 0 Å². The zero-order chi connectivity index (χ0) is 10.5. The van der Waals surface area contributed by atoms with Gasteiger partial charge in [0.1, 0.15) is 0 Å². The van der Waals surface area contributed by atoms with Crippen LogP contribution in [0, 0.1) is 23.2 Å². The fourth-order valence-electron chi connectivity index (χ4n) is 3.11. The lowest BCUT2D eigenvalue weighted by Crippen LogP contribution is -2.25. The average Bonchev–Trinajstić information content (AvgIpc) is 2.73. The van der Waals surface area contributed by atoms with Crippen LogP contribution in [0.1, 0.15) is 27.2 Å². The van der Waals surface area contributed by atoms with Crippen molar-refractivity contribution in [2.75, 3.05) is 6.61 Å². The second-order valence-corrected chi connectivity index (χ2v) is 5.15. The Labute approximate surface area is 85.3 Å². The van der Waals surface area contributed by atoms with Gasteiger partial charge >= 0.3 is 5.97 Å². The van der Waals surface area contributed by atoms with Crippen LogP contribution in [0.2, 0.25) is 0 Å². The van der Waals surface area contributed by atoms with Gasteiger partial charge < -0.3 is 4.74 Å². The molecule has 2 fully saturated rings. The molecular weight excluding hydrogens is 176 g/mol. The molecule has 0 aliphatic heterocycles. The second-order valence-electron chi connectivity index (χ2n) is 5.15. The minimum atomic E-state index is -0.192. The zero-order valence-corrected chi connectivity index (χ0v) is 9.17. The van der Waals surface area contributed by atoms with Crippen LogP contribution in [-0.2, 0) is 9.53 Å². The van der Waals surface area contributed by atoms with Gasteiger partial charge in [0, 0.05) is 5.57 Å². The quantitative estimate of drug-likeness (QED) is 0.509. The molecule has 78 valence electrons. The lowest BCUT2D eigenvalue weighted by molar-refractivity contribution is -0.138. The topological polar surface area (TPSA) is 26.3 Å². The molecule has 14 heavy (non-hydrogen) atoms. The molecule has 0 bridgehead atoms. The van der Waals surface area contributed by atoms with Gasteiger partial charge in [-0.3, -0.25) is 0 Å². The highest BCUT2D eigenvalue weighted by molar-refractivity contribution is 5.89. The van der Waals surface area contributed by atoms with Crippen LogP contribution < -0.4 is 0 Å². The minimum Gasteiger partial charge on any atom is -0.463 e. The molecule has 3 unspecified atom stereocenters. The summed E-state index contributed by atoms with van der Waals surface area (Å²) < 4.78 is 4.96. The molecule has 0 radical (unpaired) electrons. The van der Waals surface area contributed by atoms with Gasteiger partial charge in [0.25, 0.3) is 0 Å². The number of esters is 1. The molecule has 3 atom stereocenters. The van der Waals surface area contributed by atoms with E-state index in [1.807, 2.05) is 6.92 Å². The Hall–Kier alpha value is -0.790. The second kappa shape index (κ2) is 2.85. The van der Waals surface area contributed by atoms with Gasteiger partial charge in [0.2, 0.25) is 0 Å². The molecule has 0 heterocycles. The molecule has 0 aromatic carbocycles. The number of fused-ring (bicyclic) bond motifs is 1. The summed E-state index contributed by atoms with van der Waals surface area (Å²) in [6.45, 7) is 10.7. The fourth-order valence-corrected chi connectivity index (χ4v) is 3.11. The Kier molecular flexibility index (Phi) is 1.98. The maximum absolute atomic E-state index is 11.4. The van der Waals surface area contributed by atoms with Crippen molar-refractivity contribution in [1.29, 1.82) is 0 Å². The molecule has 0 aromatic heterocycles. The van der Waals surface area contributed by atoms with Crippen molar-refractivity contribution >= 4 is 5.97 Å². The first-order chi connectivity index (χ1) is 6.49. The maximum Gasteiger partial charge on any atom is 0.333 e. The van der Waals surface area contributed by atoms with Gasteiger partial charge in [0.15, 0.2) is 0 Å². The van der Waals surface area contributed by atoms with Crippen LogP contribution in [0.15, 0.2) is 12.2 Å². The van der Waals surface area contributed by atoms with Crippen molar-refractivity contribution in [3.05, 3.63) is 12.2 Å². The van der Waals surface area contributed by atoms with Crippen LogP contribution in [0.4, 0.5) is 0 Å². The summed E-state index contributed by atoms with van der Waals surface area (Å²) in [4.78, 5) is 11.4. The molecule has 2 aliphatic rings. The molecule has 2 rings (SSSR count). The number of rotatable bonds is 3. The van der Waals surface area contributed by atoms with E-state index in [1.165, 1.54) is 6.42 Å². The monoisotopic (exact) mass is 194 g/mol. The fraction of sp³-hybridized carbons (Fsp3) is 0.750. The summed E-state index contributed by atoms with van der Waals surface area (Å²) in [6.07, 6.45) is 1.24. The van der Waals surface area contributed by atoms with E-state index < -0.39 is 0 Å². The highest BCUT2D eigenvalue weighted by atomic mass is 16.5. The van der Waals surface area contributed by atoms with Gasteiger partial charge in [-0.05, 0) is 36.5 Å². The summed E-state index contributed by atoms with van der Waals surface area (Å²) in [5, 5.41) is 0. The standard InChI is InChI=1S/C12H18O2/c1-5-14-11(13)7(2)9-8-6-12(3,4)10(8)9/h8-10H,2,5-6H2,1,3-4H3. The van der Waals surface area contributed by atoms with Crippen LogP contribution >= 0.6 is 0 Å². The summed E-state index contributed by atoms with van der Waals surface area (Å²) in [5.74, 6) is 1.65. The first kappa shape index (κ1) is 9.75. The molecule has 0 saturated heterocycles. The summed E-state index contributed by atoms with van der Waals surface area (Å²) in [7, 11) is 0. The third kappa shape index (κ3) is 1.20. The van der Waals surface area contributed by atoms with Crippen LogP contribution in [0.5, 0.6) is 0 Å². The number of carbonyl (C=O) groups is 1. The Balaban J connectivity index is 1.94. The van der Waals surface area contributed by atoms with E-state index in [9.17, 15) is 4.79 Å². The molecule has 0 N–H and O–H groups in total. The summed E-state index contributed by atoms with van der Waals surface area (Å²) in [6, 6.07) is 0. The third-order valence-electron chi connectivity index (χ3n) is 3.77. The van der Waals surface area contributed by atoms with Crippen molar-refractivity contribution in [3.8, 4) is 0 Å². The van der Waals surface area contributed by atoms with Gasteiger partial charge in [0.05, 0.1) is 6.61 Å². The Morgan fingerprint density at radius 3 is 2.57 bits per heavy atom. The van der Waals surface area contributed by atoms with Crippen molar-refractivity contribution in [2.45, 2.75) is 27.2 Å². The summed E-state index contributed by atoms with van der Waals surface area (Å²) in [5.41, 5.74) is 1.12. The zero-order valence-electron chi connectivity index (χ0n) is 9.17. The summed E-state index contributed by atoms with van der Waals surface area (Å²) >= 11 is 0. The molecule has 0 aromatic rings. The van der Waals surface area contributed by atoms with Crippen molar-refractivity contribution in [3.63, 3.8) is 0 Å². The highest BCUT2D eigenvalue weighted by Crippen LogP contribution is 2.72. The molecule has 2 aliphatic carbocycles.